The van der Waals surface area contributed by atoms with Gasteiger partial charge in [0.1, 0.15) is 0 Å². The van der Waals surface area contributed by atoms with E-state index < -0.39 is 6.10 Å². The first-order chi connectivity index (χ1) is 11.4. The van der Waals surface area contributed by atoms with E-state index in [9.17, 15) is 9.59 Å². The average Bonchev–Trinajstić information content (AvgIpc) is 2.54. The molecular formula is C20H23NO3. The molecule has 0 fully saturated rings. The molecule has 0 spiro atoms. The second-order valence-corrected chi connectivity index (χ2v) is 5.97. The zero-order chi connectivity index (χ0) is 17.7. The number of hydrogen-bond donors (Lipinski definition) is 0. The lowest BCUT2D eigenvalue weighted by atomic mass is 9.95. The Kier molecular flexibility index (Phi) is 5.74. The van der Waals surface area contributed by atoms with Gasteiger partial charge in [0.05, 0.1) is 0 Å². The van der Waals surface area contributed by atoms with Crippen LogP contribution in [0.2, 0.25) is 0 Å². The van der Waals surface area contributed by atoms with Crippen LogP contribution in [0.3, 0.4) is 0 Å². The standard InChI is InChI=1S/C20H23NO3/c1-14-9-11-17(12-10-14)20(24-16(3)23)19-8-6-5-7-18(19)13-21(4)15(2)22/h5-12,20H,13H2,1-4H3/t20-/m1/s1. The Balaban J connectivity index is 2.44. The molecule has 0 radical (unpaired) electrons. The number of nitrogens with zero attached hydrogens (tertiary/aromatic N) is 1. The smallest absolute Gasteiger partial charge is 0.303 e. The SMILES string of the molecule is CC(=O)O[C@H](c1ccc(C)cc1)c1ccccc1CN(C)C(C)=O. The molecule has 0 aromatic heterocycles. The monoisotopic (exact) mass is 325 g/mol. The highest BCUT2D eigenvalue weighted by molar-refractivity contribution is 5.73. The van der Waals surface area contributed by atoms with E-state index in [2.05, 4.69) is 0 Å². The molecule has 0 saturated heterocycles. The largest absolute Gasteiger partial charge is 0.453 e. The normalized spacial score (nSPS) is 11.7. The summed E-state index contributed by atoms with van der Waals surface area (Å²) in [5.41, 5.74) is 3.91. The zero-order valence-corrected chi connectivity index (χ0v) is 14.6. The van der Waals surface area contributed by atoms with E-state index in [0.29, 0.717) is 6.54 Å². The van der Waals surface area contributed by atoms with Crippen LogP contribution in [-0.4, -0.2) is 23.8 Å². The summed E-state index contributed by atoms with van der Waals surface area (Å²) in [7, 11) is 1.76. The number of carbonyl (C=O) groups is 2. The van der Waals surface area contributed by atoms with Crippen LogP contribution in [0, 0.1) is 6.92 Å². The Morgan fingerprint density at radius 1 is 1.04 bits per heavy atom. The minimum absolute atomic E-state index is 0.0100. The summed E-state index contributed by atoms with van der Waals surface area (Å²) in [6.07, 6.45) is -0.486. The number of benzene rings is 2. The van der Waals surface area contributed by atoms with E-state index >= 15 is 0 Å². The fraction of sp³-hybridized carbons (Fsp3) is 0.300. The molecule has 1 atom stereocenters. The highest BCUT2D eigenvalue weighted by Crippen LogP contribution is 2.29. The van der Waals surface area contributed by atoms with Gasteiger partial charge in [-0.1, -0.05) is 54.1 Å². The molecule has 0 aliphatic rings. The molecule has 0 N–H and O–H groups in total. The Labute approximate surface area is 143 Å². The lowest BCUT2D eigenvalue weighted by Crippen LogP contribution is -2.24. The first kappa shape index (κ1) is 17.7. The van der Waals surface area contributed by atoms with Crippen LogP contribution >= 0.6 is 0 Å². The van der Waals surface area contributed by atoms with Crippen molar-refractivity contribution in [2.24, 2.45) is 0 Å². The van der Waals surface area contributed by atoms with Gasteiger partial charge in [0.25, 0.3) is 0 Å². The van der Waals surface area contributed by atoms with Crippen LogP contribution in [0.1, 0.15) is 42.2 Å². The maximum absolute atomic E-state index is 11.6. The van der Waals surface area contributed by atoms with E-state index in [-0.39, 0.29) is 11.9 Å². The molecule has 0 unspecified atom stereocenters. The van der Waals surface area contributed by atoms with E-state index in [1.165, 1.54) is 13.8 Å². The maximum atomic E-state index is 11.6. The van der Waals surface area contributed by atoms with Crippen molar-refractivity contribution in [3.8, 4) is 0 Å². The van der Waals surface area contributed by atoms with E-state index in [4.69, 9.17) is 4.74 Å². The molecule has 0 bridgehead atoms. The molecule has 0 aliphatic carbocycles. The highest BCUT2D eigenvalue weighted by atomic mass is 16.5. The zero-order valence-electron chi connectivity index (χ0n) is 14.6. The van der Waals surface area contributed by atoms with Crippen molar-refractivity contribution in [3.05, 3.63) is 70.8 Å². The minimum atomic E-state index is -0.486. The summed E-state index contributed by atoms with van der Waals surface area (Å²) in [5.74, 6) is -0.348. The van der Waals surface area contributed by atoms with Crippen LogP contribution in [-0.2, 0) is 20.9 Å². The van der Waals surface area contributed by atoms with Gasteiger partial charge in [-0.25, -0.2) is 0 Å². The molecule has 2 rings (SSSR count). The Morgan fingerprint density at radius 3 is 2.25 bits per heavy atom. The van der Waals surface area contributed by atoms with Crippen LogP contribution in [0.15, 0.2) is 48.5 Å². The number of aryl methyl sites for hydroxylation is 1. The summed E-state index contributed by atoms with van der Waals surface area (Å²) in [5, 5.41) is 0. The third-order valence-corrected chi connectivity index (χ3v) is 3.95. The number of carbonyl (C=O) groups excluding carboxylic acids is 2. The Bertz CT molecular complexity index is 722. The molecule has 1 amide bonds. The number of esters is 1. The van der Waals surface area contributed by atoms with Gasteiger partial charge < -0.3 is 9.64 Å². The van der Waals surface area contributed by atoms with Gasteiger partial charge in [-0.3, -0.25) is 9.59 Å². The summed E-state index contributed by atoms with van der Waals surface area (Å²) >= 11 is 0. The van der Waals surface area contributed by atoms with Gasteiger partial charge in [-0.15, -0.1) is 0 Å². The summed E-state index contributed by atoms with van der Waals surface area (Å²) in [6.45, 7) is 5.42. The molecule has 2 aromatic rings. The summed E-state index contributed by atoms with van der Waals surface area (Å²) in [4.78, 5) is 24.8. The molecule has 0 aliphatic heterocycles. The van der Waals surface area contributed by atoms with Gasteiger partial charge in [0.15, 0.2) is 6.10 Å². The van der Waals surface area contributed by atoms with Crippen molar-refractivity contribution < 1.29 is 14.3 Å². The molecular weight excluding hydrogens is 302 g/mol. The van der Waals surface area contributed by atoms with Gasteiger partial charge in [-0.05, 0) is 18.1 Å². The molecule has 24 heavy (non-hydrogen) atoms. The van der Waals surface area contributed by atoms with Crippen molar-refractivity contribution in [3.63, 3.8) is 0 Å². The summed E-state index contributed by atoms with van der Waals surface area (Å²) < 4.78 is 5.60. The van der Waals surface area contributed by atoms with E-state index in [1.807, 2.05) is 55.5 Å². The van der Waals surface area contributed by atoms with Crippen molar-refractivity contribution in [1.82, 2.24) is 4.90 Å². The van der Waals surface area contributed by atoms with Crippen molar-refractivity contribution in [2.45, 2.75) is 33.4 Å². The van der Waals surface area contributed by atoms with Crippen molar-refractivity contribution in [2.75, 3.05) is 7.05 Å². The van der Waals surface area contributed by atoms with E-state index in [1.54, 1.807) is 11.9 Å². The molecule has 0 saturated carbocycles. The lowest BCUT2D eigenvalue weighted by molar-refractivity contribution is -0.144. The topological polar surface area (TPSA) is 46.6 Å². The number of amides is 1. The number of hydrogen-bond acceptors (Lipinski definition) is 3. The lowest BCUT2D eigenvalue weighted by Gasteiger charge is -2.23. The predicted molar refractivity (Wildman–Crippen MR) is 93.4 cm³/mol. The van der Waals surface area contributed by atoms with Crippen molar-refractivity contribution in [1.29, 1.82) is 0 Å². The third-order valence-electron chi connectivity index (χ3n) is 3.95. The fourth-order valence-corrected chi connectivity index (χ4v) is 2.52. The second kappa shape index (κ2) is 7.77. The van der Waals surface area contributed by atoms with Crippen LogP contribution in [0.5, 0.6) is 0 Å². The maximum Gasteiger partial charge on any atom is 0.303 e. The Morgan fingerprint density at radius 2 is 1.67 bits per heavy atom. The molecule has 0 heterocycles. The predicted octanol–water partition coefficient (Wildman–Crippen LogP) is 3.63. The summed E-state index contributed by atoms with van der Waals surface area (Å²) in [6, 6.07) is 15.7. The van der Waals surface area contributed by atoms with E-state index in [0.717, 1.165) is 22.3 Å². The van der Waals surface area contributed by atoms with Crippen LogP contribution < -0.4 is 0 Å². The first-order valence-corrected chi connectivity index (χ1v) is 7.91. The van der Waals surface area contributed by atoms with Crippen molar-refractivity contribution >= 4 is 11.9 Å². The molecule has 126 valence electrons. The van der Waals surface area contributed by atoms with Gasteiger partial charge in [0, 0.05) is 33.0 Å². The van der Waals surface area contributed by atoms with Gasteiger partial charge >= 0.3 is 5.97 Å². The highest BCUT2D eigenvalue weighted by Gasteiger charge is 2.21. The quantitative estimate of drug-likeness (QED) is 0.789. The molecule has 2 aromatic carbocycles. The van der Waals surface area contributed by atoms with Crippen LogP contribution in [0.4, 0.5) is 0 Å². The second-order valence-electron chi connectivity index (χ2n) is 5.97. The van der Waals surface area contributed by atoms with Gasteiger partial charge in [0.2, 0.25) is 5.91 Å². The molecule has 4 nitrogen and oxygen atoms in total. The van der Waals surface area contributed by atoms with Crippen LogP contribution in [0.25, 0.3) is 0 Å². The molecule has 4 heteroatoms. The third kappa shape index (κ3) is 4.44. The Hall–Kier alpha value is -2.62. The first-order valence-electron chi connectivity index (χ1n) is 7.91. The average molecular weight is 325 g/mol. The number of rotatable bonds is 5. The van der Waals surface area contributed by atoms with Gasteiger partial charge in [-0.2, -0.15) is 0 Å². The fourth-order valence-electron chi connectivity index (χ4n) is 2.52. The number of ether oxygens (including phenoxy) is 1. The minimum Gasteiger partial charge on any atom is -0.453 e.